The number of hydrogen-bond acceptors (Lipinski definition) is 0. The van der Waals surface area contributed by atoms with Gasteiger partial charge in [-0.2, -0.15) is 0 Å². The lowest BCUT2D eigenvalue weighted by molar-refractivity contribution is 0.629. The van der Waals surface area contributed by atoms with Crippen LogP contribution in [0.15, 0.2) is 66.7 Å². The fourth-order valence-corrected chi connectivity index (χ4v) is 2.79. The minimum atomic E-state index is -0.149. The maximum Gasteiger partial charge on any atom is 0.131 e. The summed E-state index contributed by atoms with van der Waals surface area (Å²) in [6.07, 6.45) is 1.90. The second-order valence-corrected chi connectivity index (χ2v) is 5.80. The van der Waals surface area contributed by atoms with Gasteiger partial charge in [0.25, 0.3) is 0 Å². The van der Waals surface area contributed by atoms with Crippen LogP contribution in [0.3, 0.4) is 0 Å². The average Bonchev–Trinajstić information content (AvgIpc) is 2.69. The molecule has 0 amide bonds. The van der Waals surface area contributed by atoms with E-state index in [1.165, 1.54) is 11.1 Å². The van der Waals surface area contributed by atoms with Gasteiger partial charge >= 0.3 is 0 Å². The number of rotatable bonds is 4. The van der Waals surface area contributed by atoms with E-state index >= 15 is 0 Å². The van der Waals surface area contributed by atoms with Crippen molar-refractivity contribution in [2.24, 2.45) is 0 Å². The van der Waals surface area contributed by atoms with E-state index < -0.39 is 0 Å². The molecule has 1 heteroatoms. The quantitative estimate of drug-likeness (QED) is 0.469. The van der Waals surface area contributed by atoms with Crippen LogP contribution >= 0.6 is 0 Å². The van der Waals surface area contributed by atoms with Crippen molar-refractivity contribution >= 4 is 0 Å². The van der Waals surface area contributed by atoms with Gasteiger partial charge in [0.1, 0.15) is 5.82 Å². The molecule has 0 atom stereocenters. The van der Waals surface area contributed by atoms with Crippen molar-refractivity contribution in [3.05, 3.63) is 83.7 Å². The Kier molecular flexibility index (Phi) is 6.94. The highest BCUT2D eigenvalue weighted by atomic mass is 19.1. The second-order valence-electron chi connectivity index (χ2n) is 5.80. The van der Waals surface area contributed by atoms with Crippen LogP contribution in [0.2, 0.25) is 0 Å². The topological polar surface area (TPSA) is 0 Å². The van der Waals surface area contributed by atoms with E-state index in [0.29, 0.717) is 5.56 Å². The van der Waals surface area contributed by atoms with E-state index in [0.717, 1.165) is 29.5 Å². The van der Waals surface area contributed by atoms with Gasteiger partial charge in [-0.1, -0.05) is 88.4 Å². The lowest BCUT2D eigenvalue weighted by atomic mass is 9.98. The molecule has 130 valence electrons. The minimum absolute atomic E-state index is 0.149. The molecule has 0 bridgehead atoms. The molecule has 0 nitrogen and oxygen atoms in total. The summed E-state index contributed by atoms with van der Waals surface area (Å²) in [5.74, 6) is -0.149. The molecule has 0 saturated heterocycles. The molecule has 0 saturated carbocycles. The summed E-state index contributed by atoms with van der Waals surface area (Å²) in [6.45, 7) is 8.19. The van der Waals surface area contributed by atoms with Gasteiger partial charge < -0.3 is 0 Å². The molecule has 0 spiro atoms. The molecule has 0 N–H and O–H groups in total. The Morgan fingerprint density at radius 1 is 0.600 bits per heavy atom. The predicted octanol–water partition coefficient (Wildman–Crippen LogP) is 7.31. The Hall–Kier alpha value is -2.41. The zero-order chi connectivity index (χ0) is 18.2. The van der Waals surface area contributed by atoms with E-state index in [2.05, 4.69) is 43.3 Å². The summed E-state index contributed by atoms with van der Waals surface area (Å²) in [4.78, 5) is 0. The Bertz CT molecular complexity index is 783. The molecular formula is C24H27F. The van der Waals surface area contributed by atoms with Crippen molar-refractivity contribution < 1.29 is 4.39 Å². The standard InChI is InChI=1S/C22H21F.C2H6/c1-3-16-5-8-18(9-6-16)19-10-12-20(13-11-19)21-14-7-17(4-2)15-22(21)23;1-2/h5-15H,3-4H2,1-2H3;1-2H3. The van der Waals surface area contributed by atoms with Crippen molar-refractivity contribution in [3.63, 3.8) is 0 Å². The Balaban J connectivity index is 0.00000109. The molecule has 0 radical (unpaired) electrons. The fourth-order valence-electron chi connectivity index (χ4n) is 2.79. The Labute approximate surface area is 151 Å². The van der Waals surface area contributed by atoms with E-state index in [1.54, 1.807) is 6.07 Å². The molecule has 3 aromatic carbocycles. The molecule has 25 heavy (non-hydrogen) atoms. The third-order valence-electron chi connectivity index (χ3n) is 4.33. The van der Waals surface area contributed by atoms with Crippen molar-refractivity contribution in [3.8, 4) is 22.3 Å². The third-order valence-corrected chi connectivity index (χ3v) is 4.33. The number of hydrogen-bond donors (Lipinski definition) is 0. The highest BCUT2D eigenvalue weighted by molar-refractivity contribution is 5.71. The number of aryl methyl sites for hydroxylation is 2. The summed E-state index contributed by atoms with van der Waals surface area (Å²) in [5, 5.41) is 0. The monoisotopic (exact) mass is 334 g/mol. The SMILES string of the molecule is CC.CCc1ccc(-c2ccc(-c3ccc(CC)cc3F)cc2)cc1. The molecule has 0 aliphatic rings. The van der Waals surface area contributed by atoms with Crippen LogP contribution in [0.5, 0.6) is 0 Å². The van der Waals surface area contributed by atoms with Crippen LogP contribution < -0.4 is 0 Å². The van der Waals surface area contributed by atoms with E-state index in [1.807, 2.05) is 45.0 Å². The predicted molar refractivity (Wildman–Crippen MR) is 107 cm³/mol. The van der Waals surface area contributed by atoms with Gasteiger partial charge in [0, 0.05) is 5.56 Å². The molecule has 0 heterocycles. The summed E-state index contributed by atoms with van der Waals surface area (Å²) < 4.78 is 14.2. The summed E-state index contributed by atoms with van der Waals surface area (Å²) >= 11 is 0. The summed E-state index contributed by atoms with van der Waals surface area (Å²) in [5.41, 5.74) is 6.29. The van der Waals surface area contributed by atoms with Gasteiger partial charge in [-0.15, -0.1) is 0 Å². The average molecular weight is 334 g/mol. The van der Waals surface area contributed by atoms with Gasteiger partial charge in [-0.25, -0.2) is 4.39 Å². The van der Waals surface area contributed by atoms with Crippen molar-refractivity contribution in [1.29, 1.82) is 0 Å². The third kappa shape index (κ3) is 4.57. The fraction of sp³-hybridized carbons (Fsp3) is 0.250. The zero-order valence-corrected chi connectivity index (χ0v) is 15.6. The molecular weight excluding hydrogens is 307 g/mol. The molecule has 0 aliphatic carbocycles. The molecule has 3 aromatic rings. The van der Waals surface area contributed by atoms with E-state index in [4.69, 9.17) is 0 Å². The lowest BCUT2D eigenvalue weighted by Crippen LogP contribution is -1.88. The van der Waals surface area contributed by atoms with Gasteiger partial charge in [0.05, 0.1) is 0 Å². The first kappa shape index (κ1) is 18.9. The van der Waals surface area contributed by atoms with Crippen LogP contribution in [-0.2, 0) is 12.8 Å². The first-order valence-electron chi connectivity index (χ1n) is 9.19. The number of benzene rings is 3. The highest BCUT2D eigenvalue weighted by Crippen LogP contribution is 2.27. The molecule has 0 unspecified atom stereocenters. The van der Waals surface area contributed by atoms with Gasteiger partial charge in [0.2, 0.25) is 0 Å². The minimum Gasteiger partial charge on any atom is -0.206 e. The van der Waals surface area contributed by atoms with Crippen molar-refractivity contribution in [2.75, 3.05) is 0 Å². The van der Waals surface area contributed by atoms with Crippen LogP contribution in [-0.4, -0.2) is 0 Å². The van der Waals surface area contributed by atoms with Crippen LogP contribution in [0, 0.1) is 5.82 Å². The smallest absolute Gasteiger partial charge is 0.131 e. The van der Waals surface area contributed by atoms with E-state index in [9.17, 15) is 4.39 Å². The summed E-state index contributed by atoms with van der Waals surface area (Å²) in [6, 6.07) is 22.2. The van der Waals surface area contributed by atoms with Crippen molar-refractivity contribution in [1.82, 2.24) is 0 Å². The lowest BCUT2D eigenvalue weighted by Gasteiger charge is -2.08. The van der Waals surface area contributed by atoms with Crippen LogP contribution in [0.1, 0.15) is 38.8 Å². The summed E-state index contributed by atoms with van der Waals surface area (Å²) in [7, 11) is 0. The normalized spacial score (nSPS) is 10.1. The molecule has 0 aliphatic heterocycles. The molecule has 0 aromatic heterocycles. The van der Waals surface area contributed by atoms with Gasteiger partial charge in [-0.05, 0) is 46.7 Å². The largest absolute Gasteiger partial charge is 0.206 e. The van der Waals surface area contributed by atoms with Crippen LogP contribution in [0.4, 0.5) is 4.39 Å². The van der Waals surface area contributed by atoms with E-state index in [-0.39, 0.29) is 5.82 Å². The first-order valence-corrected chi connectivity index (χ1v) is 9.19. The maximum atomic E-state index is 14.2. The molecule has 3 rings (SSSR count). The van der Waals surface area contributed by atoms with Crippen LogP contribution in [0.25, 0.3) is 22.3 Å². The number of halogens is 1. The Morgan fingerprint density at radius 3 is 1.52 bits per heavy atom. The van der Waals surface area contributed by atoms with Gasteiger partial charge in [0.15, 0.2) is 0 Å². The highest BCUT2D eigenvalue weighted by Gasteiger charge is 2.06. The first-order chi connectivity index (χ1) is 12.2. The van der Waals surface area contributed by atoms with Gasteiger partial charge in [-0.3, -0.25) is 0 Å². The zero-order valence-electron chi connectivity index (χ0n) is 15.6. The second kappa shape index (κ2) is 9.17. The maximum absolute atomic E-state index is 14.2. The molecule has 0 fully saturated rings. The van der Waals surface area contributed by atoms with Crippen molar-refractivity contribution in [2.45, 2.75) is 40.5 Å². The Morgan fingerprint density at radius 2 is 1.04 bits per heavy atom.